The molecule has 0 aliphatic carbocycles. The molecule has 1 rings (SSSR count). The van der Waals surface area contributed by atoms with E-state index in [4.69, 9.17) is 4.74 Å². The van der Waals surface area contributed by atoms with E-state index in [0.717, 1.165) is 17.0 Å². The number of hydrogen-bond donors (Lipinski definition) is 1. The van der Waals surface area contributed by atoms with Crippen molar-refractivity contribution in [2.75, 3.05) is 6.61 Å². The molecule has 1 aromatic heterocycles. The molecule has 1 N–H and O–H groups in total. The SMILES string of the molecule is CCOC(O)c1cc(C)n(C)c1C. The number of hydrogen-bond acceptors (Lipinski definition) is 2. The Morgan fingerprint density at radius 1 is 1.54 bits per heavy atom. The summed E-state index contributed by atoms with van der Waals surface area (Å²) in [5, 5.41) is 9.60. The van der Waals surface area contributed by atoms with Crippen LogP contribution in [-0.4, -0.2) is 16.3 Å². The van der Waals surface area contributed by atoms with Gasteiger partial charge in [-0.15, -0.1) is 0 Å². The lowest BCUT2D eigenvalue weighted by Crippen LogP contribution is -2.04. The van der Waals surface area contributed by atoms with Crippen molar-refractivity contribution in [1.82, 2.24) is 4.57 Å². The van der Waals surface area contributed by atoms with Crippen molar-refractivity contribution in [2.45, 2.75) is 27.1 Å². The summed E-state index contributed by atoms with van der Waals surface area (Å²) in [7, 11) is 1.98. The summed E-state index contributed by atoms with van der Waals surface area (Å²) in [6, 6.07) is 1.95. The van der Waals surface area contributed by atoms with E-state index in [1.165, 1.54) is 0 Å². The number of ether oxygens (including phenoxy) is 1. The Labute approximate surface area is 78.9 Å². The molecule has 0 saturated carbocycles. The van der Waals surface area contributed by atoms with Crippen LogP contribution in [-0.2, 0) is 11.8 Å². The Morgan fingerprint density at radius 2 is 2.15 bits per heavy atom. The van der Waals surface area contributed by atoms with Gasteiger partial charge < -0.3 is 14.4 Å². The highest BCUT2D eigenvalue weighted by molar-refractivity contribution is 5.27. The molecule has 1 heterocycles. The van der Waals surface area contributed by atoms with Crippen LogP contribution in [0.3, 0.4) is 0 Å². The third-order valence-electron chi connectivity index (χ3n) is 2.40. The molecule has 0 bridgehead atoms. The molecule has 3 heteroatoms. The van der Waals surface area contributed by atoms with Crippen molar-refractivity contribution in [1.29, 1.82) is 0 Å². The molecular weight excluding hydrogens is 166 g/mol. The molecule has 0 amide bonds. The molecule has 3 nitrogen and oxygen atoms in total. The van der Waals surface area contributed by atoms with Gasteiger partial charge in [0.25, 0.3) is 0 Å². The van der Waals surface area contributed by atoms with E-state index in [1.54, 1.807) is 0 Å². The maximum atomic E-state index is 9.60. The average Bonchev–Trinajstić information content (AvgIpc) is 2.33. The quantitative estimate of drug-likeness (QED) is 0.723. The first-order valence-corrected chi connectivity index (χ1v) is 4.50. The summed E-state index contributed by atoms with van der Waals surface area (Å²) in [5.41, 5.74) is 3.05. The topological polar surface area (TPSA) is 34.4 Å². The van der Waals surface area contributed by atoms with E-state index >= 15 is 0 Å². The molecule has 13 heavy (non-hydrogen) atoms. The fraction of sp³-hybridized carbons (Fsp3) is 0.600. The zero-order valence-corrected chi connectivity index (χ0v) is 8.66. The summed E-state index contributed by atoms with van der Waals surface area (Å²) in [4.78, 5) is 0. The van der Waals surface area contributed by atoms with Crippen molar-refractivity contribution >= 4 is 0 Å². The molecule has 0 fully saturated rings. The Morgan fingerprint density at radius 3 is 2.54 bits per heavy atom. The Bertz CT molecular complexity index is 291. The van der Waals surface area contributed by atoms with Gasteiger partial charge in [0.1, 0.15) is 0 Å². The van der Waals surface area contributed by atoms with Crippen molar-refractivity contribution in [2.24, 2.45) is 7.05 Å². The van der Waals surface area contributed by atoms with Crippen LogP contribution in [0.25, 0.3) is 0 Å². The van der Waals surface area contributed by atoms with Gasteiger partial charge in [0.2, 0.25) is 0 Å². The number of aliphatic hydroxyl groups excluding tert-OH is 1. The zero-order valence-electron chi connectivity index (χ0n) is 8.66. The normalized spacial score (nSPS) is 13.3. The second-order valence-electron chi connectivity index (χ2n) is 3.19. The molecule has 0 saturated heterocycles. The van der Waals surface area contributed by atoms with E-state index in [9.17, 15) is 5.11 Å². The predicted molar refractivity (Wildman–Crippen MR) is 51.5 cm³/mol. The van der Waals surface area contributed by atoms with Gasteiger partial charge in [-0.2, -0.15) is 0 Å². The zero-order chi connectivity index (χ0) is 10.0. The first kappa shape index (κ1) is 10.3. The average molecular weight is 183 g/mol. The smallest absolute Gasteiger partial charge is 0.182 e. The minimum absolute atomic E-state index is 0.522. The van der Waals surface area contributed by atoms with Crippen LogP contribution in [0.15, 0.2) is 6.07 Å². The molecule has 1 atom stereocenters. The van der Waals surface area contributed by atoms with Gasteiger partial charge in [-0.05, 0) is 26.8 Å². The standard InChI is InChI=1S/C10H17NO2/c1-5-13-10(12)9-6-7(2)11(4)8(9)3/h6,10,12H,5H2,1-4H3. The van der Waals surface area contributed by atoms with E-state index < -0.39 is 6.29 Å². The van der Waals surface area contributed by atoms with Gasteiger partial charge in [0.15, 0.2) is 6.29 Å². The number of aromatic nitrogens is 1. The molecule has 0 aromatic carbocycles. The van der Waals surface area contributed by atoms with Crippen molar-refractivity contribution in [3.8, 4) is 0 Å². The van der Waals surface area contributed by atoms with Gasteiger partial charge in [-0.1, -0.05) is 0 Å². The van der Waals surface area contributed by atoms with Gasteiger partial charge in [0, 0.05) is 30.6 Å². The largest absolute Gasteiger partial charge is 0.364 e. The second kappa shape index (κ2) is 3.94. The molecule has 74 valence electrons. The van der Waals surface area contributed by atoms with Crippen molar-refractivity contribution in [3.63, 3.8) is 0 Å². The van der Waals surface area contributed by atoms with E-state index in [-0.39, 0.29) is 0 Å². The van der Waals surface area contributed by atoms with Crippen LogP contribution < -0.4 is 0 Å². The molecule has 1 unspecified atom stereocenters. The minimum atomic E-state index is -0.787. The minimum Gasteiger partial charge on any atom is -0.364 e. The van der Waals surface area contributed by atoms with Gasteiger partial charge in [-0.3, -0.25) is 0 Å². The Kier molecular flexibility index (Phi) is 3.12. The van der Waals surface area contributed by atoms with Crippen LogP contribution in [0.1, 0.15) is 30.2 Å². The summed E-state index contributed by atoms with van der Waals surface area (Å²) in [6.07, 6.45) is -0.787. The van der Waals surface area contributed by atoms with E-state index in [1.807, 2.05) is 38.5 Å². The summed E-state index contributed by atoms with van der Waals surface area (Å²) in [6.45, 7) is 6.38. The van der Waals surface area contributed by atoms with E-state index in [0.29, 0.717) is 6.61 Å². The fourth-order valence-electron chi connectivity index (χ4n) is 1.38. The molecule has 0 spiro atoms. The molecular formula is C10H17NO2. The Hall–Kier alpha value is -0.800. The third kappa shape index (κ3) is 1.92. The van der Waals surface area contributed by atoms with Gasteiger partial charge in [-0.25, -0.2) is 0 Å². The highest BCUT2D eigenvalue weighted by Gasteiger charge is 2.14. The predicted octanol–water partition coefficient (Wildman–Crippen LogP) is 1.67. The summed E-state index contributed by atoms with van der Waals surface area (Å²) < 4.78 is 7.16. The Balaban J connectivity index is 2.94. The molecule has 0 aliphatic heterocycles. The van der Waals surface area contributed by atoms with Gasteiger partial charge in [0.05, 0.1) is 0 Å². The number of rotatable bonds is 3. The van der Waals surface area contributed by atoms with Crippen LogP contribution in [0.2, 0.25) is 0 Å². The third-order valence-corrected chi connectivity index (χ3v) is 2.40. The fourth-order valence-corrected chi connectivity index (χ4v) is 1.38. The highest BCUT2D eigenvalue weighted by Crippen LogP contribution is 2.21. The summed E-state index contributed by atoms with van der Waals surface area (Å²) >= 11 is 0. The number of nitrogens with zero attached hydrogens (tertiary/aromatic N) is 1. The lowest BCUT2D eigenvalue weighted by molar-refractivity contribution is -0.0983. The molecule has 1 aromatic rings. The number of aryl methyl sites for hydroxylation is 1. The van der Waals surface area contributed by atoms with E-state index in [2.05, 4.69) is 0 Å². The van der Waals surface area contributed by atoms with Crippen molar-refractivity contribution < 1.29 is 9.84 Å². The lowest BCUT2D eigenvalue weighted by Gasteiger charge is -2.10. The first-order valence-electron chi connectivity index (χ1n) is 4.50. The summed E-state index contributed by atoms with van der Waals surface area (Å²) in [5.74, 6) is 0. The maximum absolute atomic E-state index is 9.60. The molecule has 0 radical (unpaired) electrons. The molecule has 0 aliphatic rings. The maximum Gasteiger partial charge on any atom is 0.182 e. The van der Waals surface area contributed by atoms with Crippen LogP contribution in [0, 0.1) is 13.8 Å². The van der Waals surface area contributed by atoms with Gasteiger partial charge >= 0.3 is 0 Å². The monoisotopic (exact) mass is 183 g/mol. The van der Waals surface area contributed by atoms with Crippen LogP contribution >= 0.6 is 0 Å². The number of aliphatic hydroxyl groups is 1. The highest BCUT2D eigenvalue weighted by atomic mass is 16.6. The van der Waals surface area contributed by atoms with Crippen molar-refractivity contribution in [3.05, 3.63) is 23.0 Å². The lowest BCUT2D eigenvalue weighted by atomic mass is 10.2. The van der Waals surface area contributed by atoms with Crippen LogP contribution in [0.5, 0.6) is 0 Å². The second-order valence-corrected chi connectivity index (χ2v) is 3.19. The van der Waals surface area contributed by atoms with Crippen LogP contribution in [0.4, 0.5) is 0 Å². The first-order chi connectivity index (χ1) is 6.07.